The van der Waals surface area contributed by atoms with Crippen molar-refractivity contribution in [1.29, 1.82) is 0 Å². The van der Waals surface area contributed by atoms with Crippen LogP contribution in [0.2, 0.25) is 0 Å². The predicted octanol–water partition coefficient (Wildman–Crippen LogP) is 0.587. The van der Waals surface area contributed by atoms with Gasteiger partial charge in [-0.05, 0) is 13.3 Å². The summed E-state index contributed by atoms with van der Waals surface area (Å²) in [6.45, 7) is 7.42. The van der Waals surface area contributed by atoms with Crippen LogP contribution in [0.4, 0.5) is 10.6 Å². The van der Waals surface area contributed by atoms with Crippen LogP contribution < -0.4 is 10.6 Å². The van der Waals surface area contributed by atoms with Crippen molar-refractivity contribution in [3.63, 3.8) is 0 Å². The van der Waals surface area contributed by atoms with Crippen molar-refractivity contribution in [2.75, 3.05) is 51.4 Å². The summed E-state index contributed by atoms with van der Waals surface area (Å²) in [7, 11) is 1.81. The van der Waals surface area contributed by atoms with Crippen molar-refractivity contribution in [2.45, 2.75) is 19.4 Å². The van der Waals surface area contributed by atoms with Crippen LogP contribution in [0.1, 0.15) is 12.1 Å². The molecular weight excluding hydrogens is 310 g/mol. The summed E-state index contributed by atoms with van der Waals surface area (Å²) in [6.07, 6.45) is 1.05. The van der Waals surface area contributed by atoms with Gasteiger partial charge in [0.15, 0.2) is 0 Å². The van der Waals surface area contributed by atoms with E-state index in [1.165, 1.54) is 0 Å². The first-order valence-electron chi connectivity index (χ1n) is 8.58. The second-order valence-electron chi connectivity index (χ2n) is 6.47. The summed E-state index contributed by atoms with van der Waals surface area (Å²) in [4.78, 5) is 14.7. The zero-order chi connectivity index (χ0) is 16.9. The summed E-state index contributed by atoms with van der Waals surface area (Å²) in [5.74, 6) is 1.15. The van der Waals surface area contributed by atoms with E-state index in [2.05, 4.69) is 20.6 Å². The van der Waals surface area contributed by atoms with E-state index in [0.29, 0.717) is 18.3 Å². The zero-order valence-electron chi connectivity index (χ0n) is 14.5. The van der Waals surface area contributed by atoms with Gasteiger partial charge in [-0.1, -0.05) is 0 Å². The van der Waals surface area contributed by atoms with Crippen molar-refractivity contribution in [2.24, 2.45) is 13.0 Å². The maximum Gasteiger partial charge on any atom is 0.320 e. The van der Waals surface area contributed by atoms with Gasteiger partial charge >= 0.3 is 6.03 Å². The molecule has 2 aliphatic heterocycles. The van der Waals surface area contributed by atoms with Gasteiger partial charge in [-0.2, -0.15) is 5.10 Å². The lowest BCUT2D eigenvalue weighted by molar-refractivity contribution is 0.00221. The Hall–Kier alpha value is -1.64. The Balaban J connectivity index is 1.55. The molecule has 2 fully saturated rings. The second-order valence-corrected chi connectivity index (χ2v) is 6.47. The molecule has 8 heteroatoms. The van der Waals surface area contributed by atoms with Crippen molar-refractivity contribution >= 4 is 11.8 Å². The van der Waals surface area contributed by atoms with Gasteiger partial charge in [0.05, 0.1) is 25.5 Å². The Morgan fingerprint density at radius 2 is 2.17 bits per heavy atom. The topological polar surface area (TPSA) is 80.6 Å². The molecular formula is C16H27N5O3. The molecule has 0 spiro atoms. The van der Waals surface area contributed by atoms with Gasteiger partial charge in [-0.3, -0.25) is 14.9 Å². The van der Waals surface area contributed by atoms with E-state index in [-0.39, 0.29) is 12.1 Å². The fourth-order valence-corrected chi connectivity index (χ4v) is 3.44. The number of urea groups is 1. The van der Waals surface area contributed by atoms with E-state index in [9.17, 15) is 4.79 Å². The molecule has 0 aliphatic carbocycles. The van der Waals surface area contributed by atoms with E-state index >= 15 is 0 Å². The third-order valence-electron chi connectivity index (χ3n) is 4.74. The quantitative estimate of drug-likeness (QED) is 0.822. The number of anilines is 1. The zero-order valence-corrected chi connectivity index (χ0v) is 14.5. The molecule has 3 heterocycles. The number of carbonyl (C=O) groups is 1. The molecule has 0 aromatic carbocycles. The summed E-state index contributed by atoms with van der Waals surface area (Å²) >= 11 is 0. The van der Waals surface area contributed by atoms with E-state index in [1.54, 1.807) is 4.68 Å². The van der Waals surface area contributed by atoms with Gasteiger partial charge in [-0.25, -0.2) is 4.79 Å². The lowest BCUT2D eigenvalue weighted by Crippen LogP contribution is -2.52. The molecule has 1 aromatic rings. The highest BCUT2D eigenvalue weighted by Crippen LogP contribution is 2.22. The summed E-state index contributed by atoms with van der Waals surface area (Å²) in [5, 5.41) is 10.1. The number of hydrogen-bond donors (Lipinski definition) is 2. The Labute approximate surface area is 142 Å². The van der Waals surface area contributed by atoms with Crippen molar-refractivity contribution < 1.29 is 14.3 Å². The van der Waals surface area contributed by atoms with Crippen LogP contribution in [-0.2, 0) is 16.5 Å². The number of morpholine rings is 1. The summed E-state index contributed by atoms with van der Waals surface area (Å²) < 4.78 is 12.7. The number of aryl methyl sites for hydroxylation is 2. The Kier molecular flexibility index (Phi) is 5.70. The third-order valence-corrected chi connectivity index (χ3v) is 4.74. The van der Waals surface area contributed by atoms with Crippen molar-refractivity contribution in [3.8, 4) is 0 Å². The first kappa shape index (κ1) is 17.2. The van der Waals surface area contributed by atoms with Crippen LogP contribution in [0.15, 0.2) is 6.07 Å². The molecule has 134 valence electrons. The molecule has 0 bridgehead atoms. The number of rotatable bonds is 5. The SMILES string of the molecule is Cc1cc(NC(=O)NC[C@@H]([C@H]2CCOC2)N2CCOCC2)n(C)n1. The van der Waals surface area contributed by atoms with Crippen LogP contribution in [0.5, 0.6) is 0 Å². The number of amides is 2. The second kappa shape index (κ2) is 7.96. The molecule has 0 unspecified atom stereocenters. The fraction of sp³-hybridized carbons (Fsp3) is 0.750. The first-order chi connectivity index (χ1) is 11.6. The molecule has 1 aromatic heterocycles. The highest BCUT2D eigenvalue weighted by molar-refractivity contribution is 5.88. The van der Waals surface area contributed by atoms with Gasteiger partial charge in [0.2, 0.25) is 0 Å². The minimum atomic E-state index is -0.199. The first-order valence-corrected chi connectivity index (χ1v) is 8.58. The number of nitrogens with one attached hydrogen (secondary N) is 2. The molecule has 8 nitrogen and oxygen atoms in total. The van der Waals surface area contributed by atoms with Crippen LogP contribution in [0.3, 0.4) is 0 Å². The molecule has 0 saturated carbocycles. The molecule has 2 saturated heterocycles. The predicted molar refractivity (Wildman–Crippen MR) is 90.1 cm³/mol. The average molecular weight is 337 g/mol. The standard InChI is InChI=1S/C16H27N5O3/c1-12-9-15(20(2)19-12)18-16(22)17-10-14(13-3-6-24-11-13)21-4-7-23-8-5-21/h9,13-14H,3-8,10-11H2,1-2H3,(H2,17,18,22)/t13-,14-/m0/s1. The fourth-order valence-electron chi connectivity index (χ4n) is 3.44. The monoisotopic (exact) mass is 337 g/mol. The highest BCUT2D eigenvalue weighted by atomic mass is 16.5. The lowest BCUT2D eigenvalue weighted by atomic mass is 9.97. The van der Waals surface area contributed by atoms with Gasteiger partial charge in [0.1, 0.15) is 5.82 Å². The maximum absolute atomic E-state index is 12.2. The van der Waals surface area contributed by atoms with Crippen LogP contribution >= 0.6 is 0 Å². The number of nitrogens with zero attached hydrogens (tertiary/aromatic N) is 3. The largest absolute Gasteiger partial charge is 0.381 e. The third kappa shape index (κ3) is 4.25. The van der Waals surface area contributed by atoms with E-state index in [4.69, 9.17) is 9.47 Å². The summed E-state index contributed by atoms with van der Waals surface area (Å²) in [5.41, 5.74) is 0.877. The van der Waals surface area contributed by atoms with Gasteiger partial charge in [-0.15, -0.1) is 0 Å². The Bertz CT molecular complexity index is 550. The molecule has 2 aliphatic rings. The number of ether oxygens (including phenoxy) is 2. The smallest absolute Gasteiger partial charge is 0.320 e. The lowest BCUT2D eigenvalue weighted by Gasteiger charge is -2.37. The minimum absolute atomic E-state index is 0.199. The molecule has 2 N–H and O–H groups in total. The number of hydrogen-bond acceptors (Lipinski definition) is 5. The Morgan fingerprint density at radius 1 is 1.38 bits per heavy atom. The van der Waals surface area contributed by atoms with Crippen molar-refractivity contribution in [1.82, 2.24) is 20.0 Å². The van der Waals surface area contributed by atoms with Crippen LogP contribution in [0, 0.1) is 12.8 Å². The maximum atomic E-state index is 12.2. The minimum Gasteiger partial charge on any atom is -0.381 e. The normalized spacial score (nSPS) is 23.2. The molecule has 3 rings (SSSR count). The van der Waals surface area contributed by atoms with Gasteiger partial charge in [0.25, 0.3) is 0 Å². The van der Waals surface area contributed by atoms with E-state index in [0.717, 1.165) is 51.6 Å². The van der Waals surface area contributed by atoms with Crippen molar-refractivity contribution in [3.05, 3.63) is 11.8 Å². The highest BCUT2D eigenvalue weighted by Gasteiger charge is 2.31. The molecule has 24 heavy (non-hydrogen) atoms. The molecule has 2 atom stereocenters. The number of aromatic nitrogens is 2. The number of carbonyl (C=O) groups excluding carboxylic acids is 1. The Morgan fingerprint density at radius 3 is 2.79 bits per heavy atom. The van der Waals surface area contributed by atoms with Crippen LogP contribution in [-0.4, -0.2) is 72.8 Å². The summed E-state index contributed by atoms with van der Waals surface area (Å²) in [6, 6.07) is 1.94. The van der Waals surface area contributed by atoms with E-state index < -0.39 is 0 Å². The van der Waals surface area contributed by atoms with Gasteiger partial charge in [0, 0.05) is 51.3 Å². The molecule has 2 amide bonds. The molecule has 0 radical (unpaired) electrons. The average Bonchev–Trinajstić information content (AvgIpc) is 3.19. The van der Waals surface area contributed by atoms with Crippen LogP contribution in [0.25, 0.3) is 0 Å². The van der Waals surface area contributed by atoms with Gasteiger partial charge < -0.3 is 14.8 Å². The van der Waals surface area contributed by atoms with E-state index in [1.807, 2.05) is 20.0 Å².